The third kappa shape index (κ3) is 4.33. The molecule has 1 fully saturated rings. The van der Waals surface area contributed by atoms with Crippen LogP contribution in [-0.4, -0.2) is 37.6 Å². The molecule has 2 N–H and O–H groups in total. The summed E-state index contributed by atoms with van der Waals surface area (Å²) in [6.45, 7) is 0.265. The molecule has 4 nitrogen and oxygen atoms in total. The topological polar surface area (TPSA) is 66.4 Å². The van der Waals surface area contributed by atoms with E-state index in [-0.39, 0.29) is 24.1 Å². The minimum Gasteiger partial charge on any atom is -0.387 e. The van der Waals surface area contributed by atoms with E-state index in [1.165, 1.54) is 0 Å². The molecule has 1 aliphatic rings. The number of aliphatic hydroxyl groups is 1. The van der Waals surface area contributed by atoms with Crippen LogP contribution in [0, 0.1) is 0 Å². The zero-order valence-corrected chi connectivity index (χ0v) is 13.2. The maximum atomic E-state index is 11.5. The Balaban J connectivity index is 1.93. The van der Waals surface area contributed by atoms with E-state index >= 15 is 0 Å². The summed E-state index contributed by atoms with van der Waals surface area (Å²) in [5, 5.41) is 14.1. The molecule has 1 heterocycles. The van der Waals surface area contributed by atoms with Gasteiger partial charge in [0, 0.05) is 28.2 Å². The van der Waals surface area contributed by atoms with Gasteiger partial charge in [0.25, 0.3) is 0 Å². The molecule has 20 heavy (non-hydrogen) atoms. The molecule has 1 aromatic rings. The number of rotatable bonds is 4. The van der Waals surface area contributed by atoms with Crippen molar-refractivity contribution in [3.8, 4) is 0 Å². The maximum Gasteiger partial charge on any atom is 0.151 e. The summed E-state index contributed by atoms with van der Waals surface area (Å²) >= 11 is 11.8. The summed E-state index contributed by atoms with van der Waals surface area (Å²) in [6.07, 6.45) is 0.683. The summed E-state index contributed by atoms with van der Waals surface area (Å²) < 4.78 is 23.1. The van der Waals surface area contributed by atoms with Gasteiger partial charge >= 0.3 is 0 Å². The number of hydrogen-bond donors (Lipinski definition) is 2. The predicted molar refractivity (Wildman–Crippen MR) is 81.1 cm³/mol. The SMILES string of the molecule is O=S1(=O)CCCC(NCC(O)c2ccc(Cl)cc2Cl)C1. The van der Waals surface area contributed by atoms with E-state index in [0.717, 1.165) is 6.42 Å². The lowest BCUT2D eigenvalue weighted by atomic mass is 10.1. The highest BCUT2D eigenvalue weighted by Gasteiger charge is 2.25. The monoisotopic (exact) mass is 337 g/mol. The second-order valence-electron chi connectivity index (χ2n) is 5.04. The van der Waals surface area contributed by atoms with E-state index in [2.05, 4.69) is 5.32 Å². The molecule has 0 bridgehead atoms. The van der Waals surface area contributed by atoms with Crippen molar-refractivity contribution in [3.05, 3.63) is 33.8 Å². The predicted octanol–water partition coefficient (Wildman–Crippen LogP) is 2.19. The molecular formula is C13H17Cl2NO3S. The Hall–Kier alpha value is -0.330. The summed E-state index contributed by atoms with van der Waals surface area (Å²) in [5.74, 6) is 0.394. The minimum absolute atomic E-state index is 0.102. The Labute approximate surface area is 129 Å². The van der Waals surface area contributed by atoms with Gasteiger partial charge in [0.05, 0.1) is 17.6 Å². The number of sulfone groups is 1. The quantitative estimate of drug-likeness (QED) is 0.883. The average Bonchev–Trinajstić information content (AvgIpc) is 2.35. The van der Waals surface area contributed by atoms with Crippen LogP contribution in [0.3, 0.4) is 0 Å². The molecule has 0 aliphatic carbocycles. The van der Waals surface area contributed by atoms with Crippen molar-refractivity contribution >= 4 is 33.0 Å². The first-order valence-corrected chi connectivity index (χ1v) is 9.02. The van der Waals surface area contributed by atoms with E-state index in [1.807, 2.05) is 0 Å². The Morgan fingerprint density at radius 3 is 2.80 bits per heavy atom. The molecule has 2 atom stereocenters. The third-order valence-electron chi connectivity index (χ3n) is 3.38. The van der Waals surface area contributed by atoms with Crippen LogP contribution in [0.2, 0.25) is 10.0 Å². The lowest BCUT2D eigenvalue weighted by molar-refractivity contribution is 0.170. The van der Waals surface area contributed by atoms with Crippen molar-refractivity contribution in [1.29, 1.82) is 0 Å². The molecule has 2 unspecified atom stereocenters. The molecule has 0 amide bonds. The van der Waals surface area contributed by atoms with Gasteiger partial charge in [0.15, 0.2) is 9.84 Å². The highest BCUT2D eigenvalue weighted by Crippen LogP contribution is 2.26. The van der Waals surface area contributed by atoms with E-state index in [0.29, 0.717) is 22.0 Å². The summed E-state index contributed by atoms with van der Waals surface area (Å²) in [7, 11) is -2.95. The van der Waals surface area contributed by atoms with Crippen molar-refractivity contribution in [3.63, 3.8) is 0 Å². The van der Waals surface area contributed by atoms with Crippen LogP contribution in [0.5, 0.6) is 0 Å². The fourth-order valence-electron chi connectivity index (χ4n) is 2.34. The van der Waals surface area contributed by atoms with Crippen LogP contribution in [0.15, 0.2) is 18.2 Å². The van der Waals surface area contributed by atoms with Crippen LogP contribution in [0.4, 0.5) is 0 Å². The highest BCUT2D eigenvalue weighted by atomic mass is 35.5. The molecule has 0 saturated carbocycles. The Morgan fingerprint density at radius 1 is 1.40 bits per heavy atom. The smallest absolute Gasteiger partial charge is 0.151 e. The lowest BCUT2D eigenvalue weighted by Gasteiger charge is -2.24. The molecule has 7 heteroatoms. The van der Waals surface area contributed by atoms with Gasteiger partial charge in [0.2, 0.25) is 0 Å². The molecule has 0 aromatic heterocycles. The normalized spacial score (nSPS) is 23.4. The highest BCUT2D eigenvalue weighted by molar-refractivity contribution is 7.91. The van der Waals surface area contributed by atoms with E-state index in [1.54, 1.807) is 18.2 Å². The van der Waals surface area contributed by atoms with Crippen molar-refractivity contribution < 1.29 is 13.5 Å². The van der Waals surface area contributed by atoms with Crippen LogP contribution >= 0.6 is 23.2 Å². The van der Waals surface area contributed by atoms with Crippen LogP contribution in [0.1, 0.15) is 24.5 Å². The Bertz CT molecular complexity index is 577. The zero-order valence-electron chi connectivity index (χ0n) is 10.9. The molecule has 112 valence electrons. The summed E-state index contributed by atoms with van der Waals surface area (Å²) in [5.41, 5.74) is 0.585. The number of hydrogen-bond acceptors (Lipinski definition) is 4. The largest absolute Gasteiger partial charge is 0.387 e. The number of aliphatic hydroxyl groups excluding tert-OH is 1. The van der Waals surface area contributed by atoms with Crippen molar-refractivity contribution in [2.24, 2.45) is 0 Å². The van der Waals surface area contributed by atoms with Crippen LogP contribution < -0.4 is 5.32 Å². The van der Waals surface area contributed by atoms with Crippen molar-refractivity contribution in [2.45, 2.75) is 25.0 Å². The third-order valence-corrected chi connectivity index (χ3v) is 5.77. The average molecular weight is 338 g/mol. The summed E-state index contributed by atoms with van der Waals surface area (Å²) in [4.78, 5) is 0. The van der Waals surface area contributed by atoms with Gasteiger partial charge in [-0.15, -0.1) is 0 Å². The number of halogens is 2. The zero-order chi connectivity index (χ0) is 14.8. The standard InChI is InChI=1S/C13H17Cl2NO3S/c14-9-3-4-11(12(15)6-9)13(17)7-16-10-2-1-5-20(18,19)8-10/h3-4,6,10,13,16-17H,1-2,5,7-8H2. The Kier molecular flexibility index (Phi) is 5.31. The van der Waals surface area contributed by atoms with Crippen LogP contribution in [0.25, 0.3) is 0 Å². The molecular weight excluding hydrogens is 321 g/mol. The van der Waals surface area contributed by atoms with Gasteiger partial charge in [-0.1, -0.05) is 29.3 Å². The van der Waals surface area contributed by atoms with Gasteiger partial charge < -0.3 is 10.4 Å². The van der Waals surface area contributed by atoms with Gasteiger partial charge in [0.1, 0.15) is 0 Å². The number of nitrogens with one attached hydrogen (secondary N) is 1. The van der Waals surface area contributed by atoms with Gasteiger partial charge in [-0.05, 0) is 25.0 Å². The lowest BCUT2D eigenvalue weighted by Crippen LogP contribution is -2.41. The minimum atomic E-state index is -2.95. The molecule has 0 spiro atoms. The molecule has 2 rings (SSSR count). The van der Waals surface area contributed by atoms with Gasteiger partial charge in [-0.3, -0.25) is 0 Å². The first kappa shape index (κ1) is 16.0. The second kappa shape index (κ2) is 6.62. The Morgan fingerprint density at radius 2 is 2.15 bits per heavy atom. The van der Waals surface area contributed by atoms with E-state index < -0.39 is 15.9 Å². The molecule has 1 saturated heterocycles. The second-order valence-corrected chi connectivity index (χ2v) is 8.12. The van der Waals surface area contributed by atoms with Gasteiger partial charge in [-0.2, -0.15) is 0 Å². The molecule has 0 radical (unpaired) electrons. The van der Waals surface area contributed by atoms with E-state index in [9.17, 15) is 13.5 Å². The maximum absolute atomic E-state index is 11.5. The first-order valence-electron chi connectivity index (χ1n) is 6.44. The van der Waals surface area contributed by atoms with Crippen LogP contribution in [-0.2, 0) is 9.84 Å². The molecule has 1 aliphatic heterocycles. The molecule has 1 aromatic carbocycles. The first-order chi connectivity index (χ1) is 9.37. The van der Waals surface area contributed by atoms with E-state index in [4.69, 9.17) is 23.2 Å². The number of benzene rings is 1. The fourth-order valence-corrected chi connectivity index (χ4v) is 4.55. The van der Waals surface area contributed by atoms with Crippen molar-refractivity contribution in [2.75, 3.05) is 18.1 Å². The van der Waals surface area contributed by atoms with Gasteiger partial charge in [-0.25, -0.2) is 8.42 Å². The fraction of sp³-hybridized carbons (Fsp3) is 0.538. The summed E-state index contributed by atoms with van der Waals surface area (Å²) in [6, 6.07) is 4.81. The van der Waals surface area contributed by atoms with Crippen molar-refractivity contribution in [1.82, 2.24) is 5.32 Å².